The zero-order chi connectivity index (χ0) is 14.9. The Hall–Kier alpha value is -1.08. The van der Waals surface area contributed by atoms with Crippen molar-refractivity contribution in [2.75, 3.05) is 5.32 Å². The van der Waals surface area contributed by atoms with Gasteiger partial charge in [0.15, 0.2) is 0 Å². The molecule has 2 aromatic carbocycles. The molecule has 0 aromatic heterocycles. The largest absolute Gasteiger partial charge is 0.507 e. The van der Waals surface area contributed by atoms with E-state index in [1.54, 1.807) is 25.1 Å². The molecule has 0 aliphatic rings. The monoisotopic (exact) mass is 445 g/mol. The minimum Gasteiger partial charge on any atom is -0.507 e. The predicted molar refractivity (Wildman–Crippen MR) is 92.4 cm³/mol. The van der Waals surface area contributed by atoms with E-state index < -0.39 is 0 Å². The van der Waals surface area contributed by atoms with Crippen LogP contribution in [0.3, 0.4) is 0 Å². The van der Waals surface area contributed by atoms with E-state index in [1.807, 2.05) is 19.1 Å². The fourth-order valence-electron chi connectivity index (χ4n) is 1.83. The van der Waals surface area contributed by atoms with Crippen LogP contribution in [0.5, 0.6) is 5.75 Å². The number of hydrogen-bond acceptors (Lipinski definition) is 2. The second-order valence-corrected chi connectivity index (χ2v) is 6.56. The molecule has 0 aliphatic heterocycles. The molecular formula is C15H13BrINO2. The van der Waals surface area contributed by atoms with Crippen molar-refractivity contribution in [3.05, 3.63) is 55.1 Å². The van der Waals surface area contributed by atoms with Gasteiger partial charge in [-0.05, 0) is 66.3 Å². The molecule has 0 saturated carbocycles. The number of aryl methyl sites for hydroxylation is 1. The van der Waals surface area contributed by atoms with Gasteiger partial charge in [-0.1, -0.05) is 22.0 Å². The number of carbonyl (C=O) groups excluding carboxylic acids is 1. The standard InChI is InChI=1S/C15H13BrINO2/c1-8-3-6-13(9(2)14(8)19)18-15(20)11-7-10(16)4-5-12(11)17/h3-7,19H,1-2H3,(H,18,20). The van der Waals surface area contributed by atoms with Gasteiger partial charge in [0.2, 0.25) is 0 Å². The molecule has 5 heteroatoms. The van der Waals surface area contributed by atoms with Crippen LogP contribution in [0.1, 0.15) is 21.5 Å². The quantitative estimate of drug-likeness (QED) is 0.662. The number of carbonyl (C=O) groups is 1. The SMILES string of the molecule is Cc1ccc(NC(=O)c2cc(Br)ccc2I)c(C)c1O. The van der Waals surface area contributed by atoms with Crippen LogP contribution >= 0.6 is 38.5 Å². The highest BCUT2D eigenvalue weighted by Gasteiger charge is 2.13. The van der Waals surface area contributed by atoms with E-state index in [9.17, 15) is 9.90 Å². The molecule has 2 rings (SSSR count). The summed E-state index contributed by atoms with van der Waals surface area (Å²) in [6.45, 7) is 3.61. The summed E-state index contributed by atoms with van der Waals surface area (Å²) in [5, 5.41) is 12.7. The maximum Gasteiger partial charge on any atom is 0.256 e. The van der Waals surface area contributed by atoms with E-state index in [0.29, 0.717) is 16.8 Å². The van der Waals surface area contributed by atoms with Crippen molar-refractivity contribution in [3.63, 3.8) is 0 Å². The van der Waals surface area contributed by atoms with E-state index in [2.05, 4.69) is 43.8 Å². The van der Waals surface area contributed by atoms with Gasteiger partial charge in [-0.15, -0.1) is 0 Å². The lowest BCUT2D eigenvalue weighted by molar-refractivity contribution is 0.102. The summed E-state index contributed by atoms with van der Waals surface area (Å²) in [5.74, 6) is 0.0220. The molecule has 0 unspecified atom stereocenters. The fourth-order valence-corrected chi connectivity index (χ4v) is 2.77. The molecule has 2 N–H and O–H groups in total. The van der Waals surface area contributed by atoms with Gasteiger partial charge in [-0.3, -0.25) is 4.79 Å². The van der Waals surface area contributed by atoms with Gasteiger partial charge in [0.05, 0.1) is 5.56 Å². The lowest BCUT2D eigenvalue weighted by atomic mass is 10.1. The number of amides is 1. The molecular weight excluding hydrogens is 433 g/mol. The van der Waals surface area contributed by atoms with E-state index in [0.717, 1.165) is 13.6 Å². The number of phenolic OH excluding ortho intramolecular Hbond substituents is 1. The first kappa shape index (κ1) is 15.3. The topological polar surface area (TPSA) is 49.3 Å². The number of benzene rings is 2. The molecule has 3 nitrogen and oxygen atoms in total. The van der Waals surface area contributed by atoms with Gasteiger partial charge in [0.25, 0.3) is 5.91 Å². The van der Waals surface area contributed by atoms with E-state index >= 15 is 0 Å². The Morgan fingerprint density at radius 1 is 1.25 bits per heavy atom. The van der Waals surface area contributed by atoms with Crippen LogP contribution in [-0.2, 0) is 0 Å². The van der Waals surface area contributed by atoms with Crippen molar-refractivity contribution in [3.8, 4) is 5.75 Å². The van der Waals surface area contributed by atoms with Crippen LogP contribution in [0.2, 0.25) is 0 Å². The second kappa shape index (κ2) is 6.13. The third-order valence-electron chi connectivity index (χ3n) is 3.05. The lowest BCUT2D eigenvalue weighted by Crippen LogP contribution is -2.14. The first-order chi connectivity index (χ1) is 9.40. The van der Waals surface area contributed by atoms with Crippen LogP contribution < -0.4 is 5.32 Å². The third kappa shape index (κ3) is 3.15. The second-order valence-electron chi connectivity index (χ2n) is 4.48. The normalized spacial score (nSPS) is 10.4. The van der Waals surface area contributed by atoms with Gasteiger partial charge in [-0.2, -0.15) is 0 Å². The Kier molecular flexibility index (Phi) is 4.70. The zero-order valence-corrected chi connectivity index (χ0v) is 14.7. The Balaban J connectivity index is 2.33. The van der Waals surface area contributed by atoms with Crippen LogP contribution in [0.15, 0.2) is 34.8 Å². The number of phenols is 1. The van der Waals surface area contributed by atoms with Gasteiger partial charge in [-0.25, -0.2) is 0 Å². The molecule has 1 amide bonds. The van der Waals surface area contributed by atoms with Gasteiger partial charge in [0.1, 0.15) is 5.75 Å². The van der Waals surface area contributed by atoms with Crippen molar-refractivity contribution >= 4 is 50.1 Å². The number of rotatable bonds is 2. The van der Waals surface area contributed by atoms with Crippen LogP contribution in [0.4, 0.5) is 5.69 Å². The predicted octanol–water partition coefficient (Wildman–Crippen LogP) is 4.63. The van der Waals surface area contributed by atoms with Gasteiger partial charge in [0, 0.05) is 19.3 Å². The summed E-state index contributed by atoms with van der Waals surface area (Å²) in [6.07, 6.45) is 0. The van der Waals surface area contributed by atoms with Gasteiger partial charge < -0.3 is 10.4 Å². The molecule has 0 heterocycles. The lowest BCUT2D eigenvalue weighted by Gasteiger charge is -2.12. The van der Waals surface area contributed by atoms with Crippen molar-refractivity contribution in [1.29, 1.82) is 0 Å². The average Bonchev–Trinajstić information content (AvgIpc) is 2.42. The smallest absolute Gasteiger partial charge is 0.256 e. The van der Waals surface area contributed by atoms with E-state index in [1.165, 1.54) is 0 Å². The molecule has 0 aliphatic carbocycles. The molecule has 104 valence electrons. The minimum atomic E-state index is -0.193. The highest BCUT2D eigenvalue weighted by atomic mass is 127. The maximum atomic E-state index is 12.3. The molecule has 0 radical (unpaired) electrons. The fraction of sp³-hybridized carbons (Fsp3) is 0.133. The van der Waals surface area contributed by atoms with E-state index in [4.69, 9.17) is 0 Å². The van der Waals surface area contributed by atoms with Crippen molar-refractivity contribution < 1.29 is 9.90 Å². The first-order valence-electron chi connectivity index (χ1n) is 5.95. The summed E-state index contributed by atoms with van der Waals surface area (Å²) in [6, 6.07) is 9.12. The van der Waals surface area contributed by atoms with Crippen LogP contribution in [0.25, 0.3) is 0 Å². The van der Waals surface area contributed by atoms with Gasteiger partial charge >= 0.3 is 0 Å². The highest BCUT2D eigenvalue weighted by molar-refractivity contribution is 14.1. The maximum absolute atomic E-state index is 12.3. The number of halogens is 2. The molecule has 2 aromatic rings. The Bertz CT molecular complexity index is 686. The Morgan fingerprint density at radius 3 is 2.65 bits per heavy atom. The van der Waals surface area contributed by atoms with Crippen molar-refractivity contribution in [1.82, 2.24) is 0 Å². The van der Waals surface area contributed by atoms with Crippen LogP contribution in [-0.4, -0.2) is 11.0 Å². The van der Waals surface area contributed by atoms with E-state index in [-0.39, 0.29) is 11.7 Å². The molecule has 0 fully saturated rings. The Morgan fingerprint density at radius 2 is 1.95 bits per heavy atom. The highest BCUT2D eigenvalue weighted by Crippen LogP contribution is 2.29. The first-order valence-corrected chi connectivity index (χ1v) is 7.83. The van der Waals surface area contributed by atoms with Crippen molar-refractivity contribution in [2.24, 2.45) is 0 Å². The summed E-state index contributed by atoms with van der Waals surface area (Å²) in [5.41, 5.74) is 2.68. The molecule has 0 atom stereocenters. The summed E-state index contributed by atoms with van der Waals surface area (Å²) >= 11 is 5.49. The molecule has 20 heavy (non-hydrogen) atoms. The summed E-state index contributed by atoms with van der Waals surface area (Å²) in [7, 11) is 0. The average molecular weight is 446 g/mol. The number of anilines is 1. The summed E-state index contributed by atoms with van der Waals surface area (Å²) in [4.78, 5) is 12.3. The Labute approximate surface area is 139 Å². The minimum absolute atomic E-state index is 0.193. The molecule has 0 bridgehead atoms. The third-order valence-corrected chi connectivity index (χ3v) is 4.49. The number of hydrogen-bond donors (Lipinski definition) is 2. The number of nitrogens with one attached hydrogen (secondary N) is 1. The van der Waals surface area contributed by atoms with Crippen LogP contribution in [0, 0.1) is 17.4 Å². The van der Waals surface area contributed by atoms with Crippen molar-refractivity contribution in [2.45, 2.75) is 13.8 Å². The summed E-state index contributed by atoms with van der Waals surface area (Å²) < 4.78 is 1.73. The zero-order valence-electron chi connectivity index (χ0n) is 11.0. The number of aromatic hydroxyl groups is 1. The molecule has 0 spiro atoms. The molecule has 0 saturated heterocycles.